The number of hydrogen-bond acceptors (Lipinski definition) is 6. The molecule has 2 aromatic carbocycles. The van der Waals surface area contributed by atoms with E-state index in [0.717, 1.165) is 0 Å². The third-order valence-corrected chi connectivity index (χ3v) is 5.28. The molecule has 0 aliphatic carbocycles. The maximum Gasteiger partial charge on any atom is 0.340 e. The number of carbonyl (C=O) groups excluding carboxylic acids is 2. The molecule has 10 heteroatoms. The number of carbonyl (C=O) groups is 2. The van der Waals surface area contributed by atoms with E-state index in [1.54, 1.807) is 18.2 Å². The van der Waals surface area contributed by atoms with E-state index in [2.05, 4.69) is 20.0 Å². The third kappa shape index (κ3) is 3.66. The average molecular weight is 388 g/mol. The molecule has 0 unspecified atom stereocenters. The molecule has 27 heavy (non-hydrogen) atoms. The van der Waals surface area contributed by atoms with Crippen molar-refractivity contribution >= 4 is 38.9 Å². The number of ether oxygens (including phenoxy) is 1. The smallest absolute Gasteiger partial charge is 0.340 e. The second kappa shape index (κ2) is 7.17. The number of rotatable bonds is 5. The lowest BCUT2D eigenvalue weighted by Crippen LogP contribution is -2.19. The summed E-state index contributed by atoms with van der Waals surface area (Å²) in [5, 5.41) is 2.58. The number of sulfonamides is 1. The fourth-order valence-electron chi connectivity index (χ4n) is 2.45. The van der Waals surface area contributed by atoms with E-state index in [1.807, 2.05) is 0 Å². The van der Waals surface area contributed by atoms with Crippen molar-refractivity contribution in [1.29, 1.82) is 0 Å². The summed E-state index contributed by atoms with van der Waals surface area (Å²) in [5.41, 5.74) is 1.45. The van der Waals surface area contributed by atoms with Gasteiger partial charge in [-0.1, -0.05) is 6.07 Å². The van der Waals surface area contributed by atoms with Gasteiger partial charge in [0.2, 0.25) is 16.0 Å². The maximum atomic E-state index is 12.4. The van der Waals surface area contributed by atoms with Gasteiger partial charge in [-0.15, -0.1) is 0 Å². The molecule has 0 saturated heterocycles. The van der Waals surface area contributed by atoms with Gasteiger partial charge < -0.3 is 9.72 Å². The van der Waals surface area contributed by atoms with Gasteiger partial charge >= 0.3 is 5.97 Å². The minimum Gasteiger partial charge on any atom is -0.465 e. The number of anilines is 1. The van der Waals surface area contributed by atoms with Crippen LogP contribution < -0.4 is 10.0 Å². The van der Waals surface area contributed by atoms with Crippen LogP contribution in [0, 0.1) is 0 Å². The van der Waals surface area contributed by atoms with Crippen LogP contribution in [0.25, 0.3) is 11.0 Å². The van der Waals surface area contributed by atoms with Crippen molar-refractivity contribution in [3.05, 3.63) is 53.6 Å². The summed E-state index contributed by atoms with van der Waals surface area (Å²) >= 11 is 0. The zero-order valence-electron chi connectivity index (χ0n) is 14.4. The van der Waals surface area contributed by atoms with Crippen LogP contribution in [-0.2, 0) is 14.8 Å². The number of H-pyrrole nitrogens is 1. The van der Waals surface area contributed by atoms with Gasteiger partial charge in [-0.2, -0.15) is 0 Å². The summed E-state index contributed by atoms with van der Waals surface area (Å²) in [7, 11) is -0.998. The molecule has 1 aromatic heterocycles. The molecule has 0 radical (unpaired) electrons. The molecule has 0 fully saturated rings. The van der Waals surface area contributed by atoms with E-state index in [1.165, 1.54) is 38.4 Å². The molecule has 3 aromatic rings. The van der Waals surface area contributed by atoms with E-state index >= 15 is 0 Å². The molecular weight excluding hydrogens is 372 g/mol. The van der Waals surface area contributed by atoms with Crippen molar-refractivity contribution in [3.8, 4) is 0 Å². The fourth-order valence-corrected chi connectivity index (χ4v) is 3.18. The first-order valence-corrected chi connectivity index (χ1v) is 9.26. The Hall–Kier alpha value is -3.24. The van der Waals surface area contributed by atoms with Gasteiger partial charge in [0.15, 0.2) is 0 Å². The lowest BCUT2D eigenvalue weighted by Gasteiger charge is -2.04. The van der Waals surface area contributed by atoms with Gasteiger partial charge in [-0.3, -0.25) is 10.1 Å². The van der Waals surface area contributed by atoms with Gasteiger partial charge in [-0.25, -0.2) is 22.9 Å². The molecule has 140 valence electrons. The molecule has 0 aliphatic heterocycles. The molecule has 9 nitrogen and oxygen atoms in total. The van der Waals surface area contributed by atoms with Gasteiger partial charge in [0.25, 0.3) is 5.91 Å². The van der Waals surface area contributed by atoms with Crippen molar-refractivity contribution in [2.24, 2.45) is 0 Å². The van der Waals surface area contributed by atoms with Gasteiger partial charge in [0.1, 0.15) is 5.52 Å². The van der Waals surface area contributed by atoms with Crippen LogP contribution in [0.4, 0.5) is 5.95 Å². The highest BCUT2D eigenvalue weighted by molar-refractivity contribution is 7.89. The number of nitrogens with one attached hydrogen (secondary N) is 3. The van der Waals surface area contributed by atoms with Crippen LogP contribution >= 0.6 is 0 Å². The Labute approximate surface area is 154 Å². The second-order valence-electron chi connectivity index (χ2n) is 5.46. The Morgan fingerprint density at radius 3 is 2.44 bits per heavy atom. The third-order valence-electron chi connectivity index (χ3n) is 3.85. The minimum atomic E-state index is -3.58. The van der Waals surface area contributed by atoms with Crippen molar-refractivity contribution in [3.63, 3.8) is 0 Å². The van der Waals surface area contributed by atoms with E-state index in [4.69, 9.17) is 4.74 Å². The molecular formula is C17H16N4O5S. The molecule has 1 heterocycles. The van der Waals surface area contributed by atoms with Crippen molar-refractivity contribution in [2.75, 3.05) is 19.5 Å². The standard InChI is InChI=1S/C17H16N4O5S/c1-18-27(24,25)11-8-6-10(7-9-11)15(22)21-17-19-13-5-3-4-12(14(13)20-17)16(23)26-2/h3-9,18H,1-2H3,(H2,19,20,21,22). The Kier molecular flexibility index (Phi) is 4.93. The van der Waals surface area contributed by atoms with Crippen molar-refractivity contribution in [1.82, 2.24) is 14.7 Å². The van der Waals surface area contributed by atoms with Crippen LogP contribution in [0.5, 0.6) is 0 Å². The number of hydrogen-bond donors (Lipinski definition) is 3. The minimum absolute atomic E-state index is 0.0491. The van der Waals surface area contributed by atoms with E-state index in [-0.39, 0.29) is 22.0 Å². The molecule has 0 bridgehead atoms. The Morgan fingerprint density at radius 1 is 1.11 bits per heavy atom. The lowest BCUT2D eigenvalue weighted by molar-refractivity contribution is 0.0602. The number of methoxy groups -OCH3 is 1. The summed E-state index contributed by atoms with van der Waals surface area (Å²) in [6, 6.07) is 10.4. The summed E-state index contributed by atoms with van der Waals surface area (Å²) in [6.07, 6.45) is 0. The van der Waals surface area contributed by atoms with Crippen LogP contribution in [0.3, 0.4) is 0 Å². The zero-order valence-corrected chi connectivity index (χ0v) is 15.3. The summed E-state index contributed by atoms with van der Waals surface area (Å²) < 4.78 is 30.4. The van der Waals surface area contributed by atoms with Crippen LogP contribution in [-0.4, -0.2) is 44.4 Å². The number of fused-ring (bicyclic) bond motifs is 1. The Morgan fingerprint density at radius 2 is 1.81 bits per heavy atom. The van der Waals surface area contributed by atoms with Crippen LogP contribution in [0.15, 0.2) is 47.4 Å². The van der Waals surface area contributed by atoms with E-state index in [9.17, 15) is 18.0 Å². The van der Waals surface area contributed by atoms with Crippen molar-refractivity contribution in [2.45, 2.75) is 4.90 Å². The number of amides is 1. The molecule has 3 rings (SSSR count). The highest BCUT2D eigenvalue weighted by atomic mass is 32.2. The fraction of sp³-hybridized carbons (Fsp3) is 0.118. The molecule has 0 saturated carbocycles. The molecule has 0 atom stereocenters. The monoisotopic (exact) mass is 388 g/mol. The number of aromatic amines is 1. The summed E-state index contributed by atoms with van der Waals surface area (Å²) in [6.45, 7) is 0. The first kappa shape index (κ1) is 18.5. The summed E-state index contributed by atoms with van der Waals surface area (Å²) in [5.74, 6) is -0.869. The average Bonchev–Trinajstić information content (AvgIpc) is 3.09. The number of imidazole rings is 1. The van der Waals surface area contributed by atoms with Crippen molar-refractivity contribution < 1.29 is 22.7 Å². The van der Waals surface area contributed by atoms with E-state index in [0.29, 0.717) is 11.0 Å². The highest BCUT2D eigenvalue weighted by Gasteiger charge is 2.16. The maximum absolute atomic E-state index is 12.4. The lowest BCUT2D eigenvalue weighted by atomic mass is 10.2. The van der Waals surface area contributed by atoms with Crippen LogP contribution in [0.2, 0.25) is 0 Å². The number of nitrogens with zero attached hydrogens (tertiary/aromatic N) is 1. The van der Waals surface area contributed by atoms with Gasteiger partial charge in [0, 0.05) is 5.56 Å². The second-order valence-corrected chi connectivity index (χ2v) is 7.35. The predicted octanol–water partition coefficient (Wildman–Crippen LogP) is 1.51. The number of benzene rings is 2. The van der Waals surface area contributed by atoms with Gasteiger partial charge in [-0.05, 0) is 43.4 Å². The normalized spacial score (nSPS) is 11.3. The zero-order chi connectivity index (χ0) is 19.6. The summed E-state index contributed by atoms with van der Waals surface area (Å²) in [4.78, 5) is 31.3. The van der Waals surface area contributed by atoms with Crippen LogP contribution in [0.1, 0.15) is 20.7 Å². The first-order chi connectivity index (χ1) is 12.9. The molecule has 1 amide bonds. The molecule has 0 aliphatic rings. The molecule has 3 N–H and O–H groups in total. The Balaban J connectivity index is 1.85. The predicted molar refractivity (Wildman–Crippen MR) is 98.1 cm³/mol. The first-order valence-electron chi connectivity index (χ1n) is 7.77. The quantitative estimate of drug-likeness (QED) is 0.568. The number of aromatic nitrogens is 2. The molecule has 0 spiro atoms. The highest BCUT2D eigenvalue weighted by Crippen LogP contribution is 2.20. The van der Waals surface area contributed by atoms with Gasteiger partial charge in [0.05, 0.1) is 23.1 Å². The Bertz CT molecular complexity index is 1120. The number of esters is 1. The van der Waals surface area contributed by atoms with E-state index < -0.39 is 21.9 Å². The SMILES string of the molecule is CNS(=O)(=O)c1ccc(C(=O)Nc2nc3c(C(=O)OC)cccc3[nH]2)cc1. The number of para-hydroxylation sites is 1. The largest absolute Gasteiger partial charge is 0.465 e. The topological polar surface area (TPSA) is 130 Å².